The summed E-state index contributed by atoms with van der Waals surface area (Å²) >= 11 is 0. The molecule has 8 heteroatoms. The molecule has 1 aliphatic heterocycles. The second-order valence-corrected chi connectivity index (χ2v) is 5.20. The second-order valence-electron chi connectivity index (χ2n) is 5.20. The van der Waals surface area contributed by atoms with Crippen LogP contribution in [0.1, 0.15) is 24.5 Å². The number of nitrogens with one attached hydrogen (secondary N) is 1. The molecule has 0 unspecified atom stereocenters. The molecule has 0 radical (unpaired) electrons. The predicted octanol–water partition coefficient (Wildman–Crippen LogP) is 2.17. The van der Waals surface area contributed by atoms with E-state index >= 15 is 0 Å². The van der Waals surface area contributed by atoms with Gasteiger partial charge in [-0.05, 0) is 25.0 Å². The third-order valence-corrected chi connectivity index (χ3v) is 3.67. The lowest BCUT2D eigenvalue weighted by atomic mass is 10.2. The van der Waals surface area contributed by atoms with Crippen molar-refractivity contribution in [2.75, 3.05) is 12.4 Å². The van der Waals surface area contributed by atoms with E-state index in [1.165, 1.54) is 12.8 Å². The van der Waals surface area contributed by atoms with Crippen molar-refractivity contribution >= 4 is 35.6 Å². The fourth-order valence-electron chi connectivity index (χ4n) is 2.53. The highest BCUT2D eigenvalue weighted by molar-refractivity contribution is 14.0. The molecule has 0 spiro atoms. The maximum absolute atomic E-state index is 5.93. The molecule has 2 heterocycles. The van der Waals surface area contributed by atoms with Gasteiger partial charge < -0.3 is 20.4 Å². The van der Waals surface area contributed by atoms with Gasteiger partial charge in [-0.3, -0.25) is 0 Å². The Labute approximate surface area is 152 Å². The zero-order valence-corrected chi connectivity index (χ0v) is 15.4. The van der Waals surface area contributed by atoms with Crippen LogP contribution in [0.25, 0.3) is 0 Å². The van der Waals surface area contributed by atoms with E-state index in [1.54, 1.807) is 7.11 Å². The first-order chi connectivity index (χ1) is 10.8. The van der Waals surface area contributed by atoms with Gasteiger partial charge in [0.15, 0.2) is 11.8 Å². The fraction of sp³-hybridized carbons (Fsp3) is 0.400. The van der Waals surface area contributed by atoms with Crippen LogP contribution in [0.3, 0.4) is 0 Å². The number of ether oxygens (including phenoxy) is 1. The van der Waals surface area contributed by atoms with E-state index in [-0.39, 0.29) is 24.0 Å². The first kappa shape index (κ1) is 17.5. The minimum absolute atomic E-state index is 0. The van der Waals surface area contributed by atoms with Gasteiger partial charge in [0.05, 0.1) is 7.11 Å². The van der Waals surface area contributed by atoms with Gasteiger partial charge in [0.1, 0.15) is 18.1 Å². The van der Waals surface area contributed by atoms with Gasteiger partial charge in [0.2, 0.25) is 0 Å². The van der Waals surface area contributed by atoms with Gasteiger partial charge in [-0.25, -0.2) is 4.99 Å². The summed E-state index contributed by atoms with van der Waals surface area (Å²) in [7, 11) is 1.63. The number of aliphatic imine (C=N–C) groups is 1. The SMILES string of the molecule is COc1cccc(NC(N)=NCc2nnc3n2CCCC3)c1.I. The number of guanidine groups is 1. The average Bonchev–Trinajstić information content (AvgIpc) is 2.96. The van der Waals surface area contributed by atoms with E-state index in [1.807, 2.05) is 24.3 Å². The molecule has 1 aliphatic rings. The molecule has 2 aromatic rings. The van der Waals surface area contributed by atoms with Crippen LogP contribution in [0.4, 0.5) is 5.69 Å². The molecule has 23 heavy (non-hydrogen) atoms. The Bertz CT molecular complexity index is 684. The van der Waals surface area contributed by atoms with E-state index in [9.17, 15) is 0 Å². The smallest absolute Gasteiger partial charge is 0.193 e. The summed E-state index contributed by atoms with van der Waals surface area (Å²) in [4.78, 5) is 4.34. The molecule has 1 aromatic heterocycles. The van der Waals surface area contributed by atoms with Crippen molar-refractivity contribution in [3.8, 4) is 5.75 Å². The van der Waals surface area contributed by atoms with Crippen LogP contribution in [0.15, 0.2) is 29.3 Å². The van der Waals surface area contributed by atoms with Crippen molar-refractivity contribution in [1.82, 2.24) is 14.8 Å². The summed E-state index contributed by atoms with van der Waals surface area (Å²) < 4.78 is 7.32. The summed E-state index contributed by atoms with van der Waals surface area (Å²) in [5.74, 6) is 3.03. The number of fused-ring (bicyclic) bond motifs is 1. The van der Waals surface area contributed by atoms with Crippen molar-refractivity contribution < 1.29 is 4.74 Å². The van der Waals surface area contributed by atoms with E-state index in [4.69, 9.17) is 10.5 Å². The molecule has 0 atom stereocenters. The predicted molar refractivity (Wildman–Crippen MR) is 100 cm³/mol. The lowest BCUT2D eigenvalue weighted by Crippen LogP contribution is -2.23. The summed E-state index contributed by atoms with van der Waals surface area (Å²) in [5, 5.41) is 11.5. The standard InChI is InChI=1S/C15H20N6O.HI/c1-22-12-6-4-5-11(9-12)18-15(16)17-10-14-20-19-13-7-2-3-8-21(13)14;/h4-6,9H,2-3,7-8,10H2,1H3,(H3,16,17,18);1H. The molecular weight excluding hydrogens is 407 g/mol. The monoisotopic (exact) mass is 428 g/mol. The molecule has 0 bridgehead atoms. The number of rotatable bonds is 4. The highest BCUT2D eigenvalue weighted by Crippen LogP contribution is 2.17. The van der Waals surface area contributed by atoms with Crippen molar-refractivity contribution in [2.45, 2.75) is 32.4 Å². The normalized spacial score (nSPS) is 13.9. The van der Waals surface area contributed by atoms with Crippen LogP contribution in [0.5, 0.6) is 5.75 Å². The summed E-state index contributed by atoms with van der Waals surface area (Å²) in [6.45, 7) is 1.40. The van der Waals surface area contributed by atoms with Crippen molar-refractivity contribution in [3.05, 3.63) is 35.9 Å². The number of anilines is 1. The Hall–Kier alpha value is -1.84. The van der Waals surface area contributed by atoms with E-state index in [2.05, 4.69) is 25.1 Å². The average molecular weight is 428 g/mol. The first-order valence-electron chi connectivity index (χ1n) is 7.38. The summed E-state index contributed by atoms with van der Waals surface area (Å²) in [6, 6.07) is 7.54. The fourth-order valence-corrected chi connectivity index (χ4v) is 2.53. The molecule has 3 rings (SSSR count). The minimum Gasteiger partial charge on any atom is -0.497 e. The number of aryl methyl sites for hydroxylation is 1. The van der Waals surface area contributed by atoms with Gasteiger partial charge in [-0.2, -0.15) is 0 Å². The Morgan fingerprint density at radius 1 is 1.39 bits per heavy atom. The van der Waals surface area contributed by atoms with E-state index < -0.39 is 0 Å². The van der Waals surface area contributed by atoms with E-state index in [0.29, 0.717) is 12.5 Å². The van der Waals surface area contributed by atoms with Crippen LogP contribution in [0.2, 0.25) is 0 Å². The number of nitrogens with zero attached hydrogens (tertiary/aromatic N) is 4. The minimum atomic E-state index is 0. The molecule has 0 amide bonds. The van der Waals surface area contributed by atoms with Crippen LogP contribution in [-0.2, 0) is 19.5 Å². The Morgan fingerprint density at radius 2 is 2.26 bits per heavy atom. The van der Waals surface area contributed by atoms with Crippen LogP contribution >= 0.6 is 24.0 Å². The number of hydrogen-bond donors (Lipinski definition) is 2. The molecule has 0 saturated carbocycles. The number of methoxy groups -OCH3 is 1. The molecular formula is C15H21IN6O. The topological polar surface area (TPSA) is 90.3 Å². The zero-order chi connectivity index (χ0) is 15.4. The Morgan fingerprint density at radius 3 is 3.09 bits per heavy atom. The molecule has 3 N–H and O–H groups in total. The molecule has 0 saturated heterocycles. The van der Waals surface area contributed by atoms with E-state index in [0.717, 1.165) is 36.1 Å². The van der Waals surface area contributed by atoms with Gasteiger partial charge in [-0.1, -0.05) is 6.07 Å². The quantitative estimate of drug-likeness (QED) is 0.443. The molecule has 7 nitrogen and oxygen atoms in total. The third-order valence-electron chi connectivity index (χ3n) is 3.67. The molecule has 124 valence electrons. The van der Waals surface area contributed by atoms with Crippen molar-refractivity contribution in [2.24, 2.45) is 10.7 Å². The maximum atomic E-state index is 5.93. The lowest BCUT2D eigenvalue weighted by molar-refractivity contribution is 0.415. The maximum Gasteiger partial charge on any atom is 0.193 e. The highest BCUT2D eigenvalue weighted by atomic mass is 127. The van der Waals surface area contributed by atoms with Gasteiger partial charge in [0.25, 0.3) is 0 Å². The Kier molecular flexibility index (Phi) is 6.20. The van der Waals surface area contributed by atoms with Gasteiger partial charge in [0, 0.05) is 24.7 Å². The number of halogens is 1. The molecule has 0 fully saturated rings. The van der Waals surface area contributed by atoms with Crippen molar-refractivity contribution in [1.29, 1.82) is 0 Å². The van der Waals surface area contributed by atoms with Crippen molar-refractivity contribution in [3.63, 3.8) is 0 Å². The lowest BCUT2D eigenvalue weighted by Gasteiger charge is -2.14. The van der Waals surface area contributed by atoms with Gasteiger partial charge in [-0.15, -0.1) is 34.2 Å². The molecule has 0 aliphatic carbocycles. The van der Waals surface area contributed by atoms with Gasteiger partial charge >= 0.3 is 0 Å². The largest absolute Gasteiger partial charge is 0.497 e. The summed E-state index contributed by atoms with van der Waals surface area (Å²) in [5.41, 5.74) is 6.77. The summed E-state index contributed by atoms with van der Waals surface area (Å²) in [6.07, 6.45) is 3.34. The number of hydrogen-bond acceptors (Lipinski definition) is 4. The van der Waals surface area contributed by atoms with Crippen LogP contribution in [0, 0.1) is 0 Å². The highest BCUT2D eigenvalue weighted by Gasteiger charge is 2.15. The van der Waals surface area contributed by atoms with Crippen LogP contribution in [-0.4, -0.2) is 27.8 Å². The molecule has 1 aromatic carbocycles. The number of benzene rings is 1. The van der Waals surface area contributed by atoms with Crippen LogP contribution < -0.4 is 15.8 Å². The second kappa shape index (κ2) is 8.14. The Balaban J connectivity index is 0.00000192. The zero-order valence-electron chi connectivity index (χ0n) is 13.0. The number of nitrogens with two attached hydrogens (primary N) is 1. The first-order valence-corrected chi connectivity index (χ1v) is 7.38. The number of aromatic nitrogens is 3. The third kappa shape index (κ3) is 4.34.